The molecule has 11 rings (SSSR count). The van der Waals surface area contributed by atoms with Gasteiger partial charge >= 0.3 is 0 Å². The maximum absolute atomic E-state index is 6.74. The summed E-state index contributed by atoms with van der Waals surface area (Å²) >= 11 is 0. The topological polar surface area (TPSA) is 24.6 Å². The summed E-state index contributed by atoms with van der Waals surface area (Å²) in [5, 5.41) is 7.05. The van der Waals surface area contributed by atoms with Crippen molar-refractivity contribution in [2.75, 3.05) is 9.80 Å². The first-order valence-corrected chi connectivity index (χ1v) is 19.0. The number of furan rings is 1. The maximum Gasteiger partial charge on any atom is 0.160 e. The third-order valence-electron chi connectivity index (χ3n) is 10.9. The summed E-state index contributed by atoms with van der Waals surface area (Å²) in [7, 11) is 0. The number of aromatic nitrogens is 1. The summed E-state index contributed by atoms with van der Waals surface area (Å²) in [6.45, 7) is 0. The van der Waals surface area contributed by atoms with Crippen molar-refractivity contribution in [2.45, 2.75) is 0 Å². The highest BCUT2D eigenvalue weighted by Gasteiger charge is 2.23. The quantitative estimate of drug-likeness (QED) is 0.164. The molecule has 0 unspecified atom stereocenters. The monoisotopic (exact) mass is 717 g/mol. The van der Waals surface area contributed by atoms with Crippen molar-refractivity contribution >= 4 is 88.6 Å². The van der Waals surface area contributed by atoms with Gasteiger partial charge in [-0.3, -0.25) is 0 Å². The molecular formula is C52H35N3O. The van der Waals surface area contributed by atoms with Crippen molar-refractivity contribution in [1.82, 2.24) is 4.57 Å². The van der Waals surface area contributed by atoms with Crippen LogP contribution in [0.25, 0.3) is 60.2 Å². The fraction of sp³-hybridized carbons (Fsp3) is 0. The summed E-state index contributed by atoms with van der Waals surface area (Å²) in [5.74, 6) is 0. The van der Waals surface area contributed by atoms with Crippen LogP contribution in [-0.4, -0.2) is 4.57 Å². The maximum atomic E-state index is 6.74. The van der Waals surface area contributed by atoms with E-state index < -0.39 is 0 Å². The Kier molecular flexibility index (Phi) is 7.46. The second-order valence-electron chi connectivity index (χ2n) is 14.2. The lowest BCUT2D eigenvalue weighted by molar-refractivity contribution is 0.669. The predicted molar refractivity (Wildman–Crippen MR) is 235 cm³/mol. The van der Waals surface area contributed by atoms with E-state index in [2.05, 4.69) is 221 Å². The second-order valence-corrected chi connectivity index (χ2v) is 14.2. The van der Waals surface area contributed by atoms with E-state index in [1.165, 1.54) is 21.7 Å². The molecule has 0 saturated heterocycles. The zero-order valence-corrected chi connectivity index (χ0v) is 30.5. The SMILES string of the molecule is c1ccc(N(c2ccc(N(c3ccccc3)c3cc4ccccc4c4c3oc3ccccc34)cc2)c2ccc3c4ccccc4n(-c4ccccc4)c3c2)cc1. The largest absolute Gasteiger partial charge is 0.454 e. The number of rotatable bonds is 7. The Labute approximate surface area is 324 Å². The van der Waals surface area contributed by atoms with Crippen LogP contribution < -0.4 is 9.80 Å². The Morgan fingerprint density at radius 2 is 0.875 bits per heavy atom. The van der Waals surface area contributed by atoms with Crippen LogP contribution in [0.4, 0.5) is 34.1 Å². The van der Waals surface area contributed by atoms with Crippen LogP contribution in [0.1, 0.15) is 0 Å². The number of hydrogen-bond acceptors (Lipinski definition) is 3. The van der Waals surface area contributed by atoms with Crippen LogP contribution in [0.3, 0.4) is 0 Å². The fourth-order valence-electron chi connectivity index (χ4n) is 8.46. The minimum absolute atomic E-state index is 0.867. The minimum Gasteiger partial charge on any atom is -0.454 e. The van der Waals surface area contributed by atoms with E-state index in [0.29, 0.717) is 0 Å². The van der Waals surface area contributed by atoms with Crippen LogP contribution in [0.15, 0.2) is 217 Å². The van der Waals surface area contributed by atoms with Crippen LogP contribution in [0.5, 0.6) is 0 Å². The highest BCUT2D eigenvalue weighted by atomic mass is 16.3. The molecule has 0 fully saturated rings. The molecule has 0 bridgehead atoms. The zero-order chi connectivity index (χ0) is 37.0. The molecule has 2 heterocycles. The van der Waals surface area contributed by atoms with Gasteiger partial charge in [-0.05, 0) is 102 Å². The third kappa shape index (κ3) is 5.15. The molecular weight excluding hydrogens is 683 g/mol. The Morgan fingerprint density at radius 1 is 0.357 bits per heavy atom. The first-order valence-electron chi connectivity index (χ1n) is 19.0. The van der Waals surface area contributed by atoms with E-state index >= 15 is 0 Å². The summed E-state index contributed by atoms with van der Waals surface area (Å²) in [5.41, 5.74) is 11.5. The van der Waals surface area contributed by atoms with Crippen LogP contribution in [0.2, 0.25) is 0 Å². The number of anilines is 6. The van der Waals surface area contributed by atoms with Crippen LogP contribution >= 0.6 is 0 Å². The molecule has 0 aliphatic rings. The van der Waals surface area contributed by atoms with Gasteiger partial charge in [-0.25, -0.2) is 0 Å². The molecule has 0 spiro atoms. The summed E-state index contributed by atoms with van der Waals surface area (Å²) < 4.78 is 9.12. The summed E-state index contributed by atoms with van der Waals surface area (Å²) in [4.78, 5) is 4.66. The molecule has 9 aromatic carbocycles. The van der Waals surface area contributed by atoms with Crippen molar-refractivity contribution in [2.24, 2.45) is 0 Å². The average Bonchev–Trinajstić information content (AvgIpc) is 3.82. The molecule has 0 atom stereocenters. The minimum atomic E-state index is 0.867. The normalized spacial score (nSPS) is 11.6. The van der Waals surface area contributed by atoms with E-state index in [-0.39, 0.29) is 0 Å². The number of para-hydroxylation sites is 5. The van der Waals surface area contributed by atoms with E-state index in [9.17, 15) is 0 Å². The van der Waals surface area contributed by atoms with Gasteiger partial charge in [-0.1, -0.05) is 121 Å². The van der Waals surface area contributed by atoms with Crippen molar-refractivity contribution in [3.63, 3.8) is 0 Å². The standard InChI is InChI=1S/C52H35N3O/c1-4-17-37(18-5-1)53(42-32-33-45-44-24-12-14-26-47(44)55(48(45)35-42)39-21-8-3-9-22-39)40-28-30-41(31-29-40)54(38-19-6-2-7-20-38)49-34-36-16-10-11-23-43(36)51-46-25-13-15-27-50(46)56-52(49)51/h1-35H. The van der Waals surface area contributed by atoms with E-state index in [1.54, 1.807) is 0 Å². The molecule has 0 radical (unpaired) electrons. The van der Waals surface area contributed by atoms with Crippen molar-refractivity contribution in [3.8, 4) is 5.69 Å². The van der Waals surface area contributed by atoms with Gasteiger partial charge in [0.2, 0.25) is 0 Å². The van der Waals surface area contributed by atoms with Gasteiger partial charge in [0.05, 0.1) is 16.7 Å². The number of nitrogens with zero attached hydrogens (tertiary/aromatic N) is 3. The van der Waals surface area contributed by atoms with Gasteiger partial charge in [0, 0.05) is 55.7 Å². The average molecular weight is 718 g/mol. The molecule has 2 aromatic heterocycles. The zero-order valence-electron chi connectivity index (χ0n) is 30.5. The number of hydrogen-bond donors (Lipinski definition) is 0. The first-order chi connectivity index (χ1) is 27.8. The van der Waals surface area contributed by atoms with E-state index in [1.807, 2.05) is 6.07 Å². The number of fused-ring (bicyclic) bond motifs is 8. The fourth-order valence-corrected chi connectivity index (χ4v) is 8.46. The Morgan fingerprint density at radius 3 is 1.61 bits per heavy atom. The Balaban J connectivity index is 1.09. The predicted octanol–water partition coefficient (Wildman–Crippen LogP) is 14.8. The van der Waals surface area contributed by atoms with Gasteiger partial charge in [-0.2, -0.15) is 0 Å². The molecule has 0 aliphatic heterocycles. The Hall–Kier alpha value is -7.56. The van der Waals surface area contributed by atoms with E-state index in [4.69, 9.17) is 4.42 Å². The van der Waals surface area contributed by atoms with Crippen molar-refractivity contribution in [1.29, 1.82) is 0 Å². The molecule has 0 aliphatic carbocycles. The summed E-state index contributed by atoms with van der Waals surface area (Å²) in [6, 6.07) is 75.5. The summed E-state index contributed by atoms with van der Waals surface area (Å²) in [6.07, 6.45) is 0. The molecule has 0 saturated carbocycles. The third-order valence-corrected chi connectivity index (χ3v) is 10.9. The van der Waals surface area contributed by atoms with Gasteiger partial charge in [0.1, 0.15) is 5.58 Å². The molecule has 4 heteroatoms. The molecule has 4 nitrogen and oxygen atoms in total. The van der Waals surface area contributed by atoms with Crippen molar-refractivity contribution in [3.05, 3.63) is 212 Å². The highest BCUT2D eigenvalue weighted by Crippen LogP contribution is 2.46. The highest BCUT2D eigenvalue weighted by molar-refractivity contribution is 6.23. The molecule has 264 valence electrons. The van der Waals surface area contributed by atoms with E-state index in [0.717, 1.165) is 72.7 Å². The van der Waals surface area contributed by atoms with Crippen LogP contribution in [0, 0.1) is 0 Å². The lowest BCUT2D eigenvalue weighted by atomic mass is 10.0. The van der Waals surface area contributed by atoms with Gasteiger partial charge in [0.15, 0.2) is 5.58 Å². The lowest BCUT2D eigenvalue weighted by Gasteiger charge is -2.28. The molecule has 0 N–H and O–H groups in total. The number of benzene rings is 9. The van der Waals surface area contributed by atoms with Gasteiger partial charge in [0.25, 0.3) is 0 Å². The molecule has 0 amide bonds. The van der Waals surface area contributed by atoms with Gasteiger partial charge < -0.3 is 18.8 Å². The second kappa shape index (κ2) is 13.1. The van der Waals surface area contributed by atoms with Gasteiger partial charge in [-0.15, -0.1) is 0 Å². The smallest absolute Gasteiger partial charge is 0.160 e. The molecule has 56 heavy (non-hydrogen) atoms. The van der Waals surface area contributed by atoms with Crippen molar-refractivity contribution < 1.29 is 4.42 Å². The van der Waals surface area contributed by atoms with Crippen LogP contribution in [-0.2, 0) is 0 Å². The lowest BCUT2D eigenvalue weighted by Crippen LogP contribution is -2.12. The first kappa shape index (κ1) is 31.9. The molecule has 11 aromatic rings. The Bertz CT molecular complexity index is 3180.